The SMILES string of the molecule is C.C.CC(C)(COCC1CO1)COCC1CO1.CCN(CC(C)C[Si](OC)(OC)OC)CC(O)COCC(C)(C)COCC1CO1.CCNCC(C)C[Si](OC)(OC)OC. The molecular formula is C42H94N2O14Si2. The molecule has 0 spiro atoms. The second-order valence-corrected chi connectivity index (χ2v) is 23.3. The van der Waals surface area contributed by atoms with Crippen LogP contribution in [0.1, 0.15) is 70.2 Å². The number of epoxide rings is 3. The molecule has 6 atom stereocenters. The Morgan fingerprint density at radius 2 is 0.967 bits per heavy atom. The van der Waals surface area contributed by atoms with Crippen molar-refractivity contribution in [2.75, 3.05) is 148 Å². The lowest BCUT2D eigenvalue weighted by molar-refractivity contribution is -0.0384. The predicted molar refractivity (Wildman–Crippen MR) is 242 cm³/mol. The Morgan fingerprint density at radius 1 is 0.617 bits per heavy atom. The Bertz CT molecular complexity index is 967. The summed E-state index contributed by atoms with van der Waals surface area (Å²) in [7, 11) is 4.90. The fourth-order valence-electron chi connectivity index (χ4n) is 5.95. The van der Waals surface area contributed by atoms with Crippen LogP contribution >= 0.6 is 0 Å². The van der Waals surface area contributed by atoms with Crippen molar-refractivity contribution in [1.29, 1.82) is 0 Å². The molecule has 3 aliphatic rings. The van der Waals surface area contributed by atoms with E-state index < -0.39 is 23.7 Å². The molecule has 0 radical (unpaired) electrons. The van der Waals surface area contributed by atoms with E-state index in [1.54, 1.807) is 42.7 Å². The Labute approximate surface area is 369 Å². The molecule has 0 saturated carbocycles. The molecule has 0 aromatic rings. The van der Waals surface area contributed by atoms with Crippen molar-refractivity contribution >= 4 is 17.6 Å². The highest BCUT2D eigenvalue weighted by Gasteiger charge is 2.40. The molecule has 0 bridgehead atoms. The van der Waals surface area contributed by atoms with Gasteiger partial charge in [-0.05, 0) is 31.5 Å². The normalized spacial score (nSPS) is 20.1. The van der Waals surface area contributed by atoms with E-state index in [2.05, 4.69) is 65.6 Å². The van der Waals surface area contributed by atoms with E-state index in [1.165, 1.54) is 0 Å². The van der Waals surface area contributed by atoms with Gasteiger partial charge in [-0.25, -0.2) is 0 Å². The van der Waals surface area contributed by atoms with Gasteiger partial charge < -0.3 is 75.0 Å². The number of likely N-dealkylation sites (N-methyl/N-ethyl adjacent to an activating group) is 1. The van der Waals surface area contributed by atoms with E-state index in [4.69, 9.17) is 59.7 Å². The van der Waals surface area contributed by atoms with Gasteiger partial charge in [0.15, 0.2) is 0 Å². The quantitative estimate of drug-likeness (QED) is 0.0664. The van der Waals surface area contributed by atoms with Gasteiger partial charge in [0.2, 0.25) is 0 Å². The molecule has 364 valence electrons. The van der Waals surface area contributed by atoms with Crippen LogP contribution < -0.4 is 5.32 Å². The first-order valence-electron chi connectivity index (χ1n) is 21.1. The van der Waals surface area contributed by atoms with Gasteiger partial charge in [0, 0.05) is 78.7 Å². The van der Waals surface area contributed by atoms with Crippen LogP contribution in [0.5, 0.6) is 0 Å². The van der Waals surface area contributed by atoms with Crippen LogP contribution in [0.4, 0.5) is 0 Å². The highest BCUT2D eigenvalue weighted by Crippen LogP contribution is 2.22. The zero-order valence-electron chi connectivity index (χ0n) is 38.9. The summed E-state index contributed by atoms with van der Waals surface area (Å²) >= 11 is 0. The second-order valence-electron chi connectivity index (χ2n) is 17.3. The fourth-order valence-corrected chi connectivity index (χ4v) is 9.93. The topological polar surface area (TPSA) is 165 Å². The molecule has 3 aliphatic heterocycles. The maximum absolute atomic E-state index is 10.4. The third kappa shape index (κ3) is 30.0. The summed E-state index contributed by atoms with van der Waals surface area (Å²) in [5.74, 6) is 0.822. The van der Waals surface area contributed by atoms with Crippen LogP contribution in [-0.4, -0.2) is 200 Å². The van der Waals surface area contributed by atoms with Gasteiger partial charge in [0.1, 0.15) is 18.3 Å². The monoisotopic (exact) mass is 907 g/mol. The summed E-state index contributed by atoms with van der Waals surface area (Å²) in [4.78, 5) is 2.22. The van der Waals surface area contributed by atoms with Crippen molar-refractivity contribution < 1.29 is 64.8 Å². The van der Waals surface area contributed by atoms with Gasteiger partial charge in [-0.15, -0.1) is 0 Å². The lowest BCUT2D eigenvalue weighted by Crippen LogP contribution is -2.46. The molecule has 60 heavy (non-hydrogen) atoms. The minimum Gasteiger partial charge on any atom is -0.389 e. The number of hydrogen-bond acceptors (Lipinski definition) is 16. The number of hydrogen-bond donors (Lipinski definition) is 2. The van der Waals surface area contributed by atoms with Gasteiger partial charge in [0.05, 0.1) is 78.8 Å². The van der Waals surface area contributed by atoms with Crippen molar-refractivity contribution in [3.8, 4) is 0 Å². The van der Waals surface area contributed by atoms with Gasteiger partial charge in [0.25, 0.3) is 0 Å². The maximum Gasteiger partial charge on any atom is 0.500 e. The maximum atomic E-state index is 10.4. The smallest absolute Gasteiger partial charge is 0.389 e. The fraction of sp³-hybridized carbons (Fsp3) is 1.00. The van der Waals surface area contributed by atoms with Crippen molar-refractivity contribution in [2.45, 2.75) is 107 Å². The first kappa shape index (κ1) is 61.9. The molecular weight excluding hydrogens is 813 g/mol. The summed E-state index contributed by atoms with van der Waals surface area (Å²) in [6, 6.07) is 1.59. The van der Waals surface area contributed by atoms with Crippen LogP contribution in [0.2, 0.25) is 12.1 Å². The Kier molecular flexibility index (Phi) is 34.3. The molecule has 0 aliphatic carbocycles. The Hall–Kier alpha value is -0.206. The number of ether oxygens (including phenoxy) is 7. The van der Waals surface area contributed by atoms with Crippen LogP contribution in [0.25, 0.3) is 0 Å². The number of aliphatic hydroxyl groups is 1. The first-order valence-corrected chi connectivity index (χ1v) is 24.9. The minimum absolute atomic E-state index is 0. The van der Waals surface area contributed by atoms with Gasteiger partial charge in [-0.1, -0.05) is 70.2 Å². The number of rotatable bonds is 34. The minimum atomic E-state index is -2.59. The average molecular weight is 907 g/mol. The molecule has 6 unspecified atom stereocenters. The lowest BCUT2D eigenvalue weighted by Gasteiger charge is -2.31. The van der Waals surface area contributed by atoms with Crippen LogP contribution in [0, 0.1) is 22.7 Å². The number of nitrogens with zero attached hydrogens (tertiary/aromatic N) is 1. The number of nitrogens with one attached hydrogen (secondary N) is 1. The third-order valence-corrected chi connectivity index (χ3v) is 15.8. The van der Waals surface area contributed by atoms with E-state index in [1.807, 2.05) is 0 Å². The van der Waals surface area contributed by atoms with Gasteiger partial charge >= 0.3 is 17.6 Å². The summed E-state index contributed by atoms with van der Waals surface area (Å²) in [5.41, 5.74) is -0.0221. The first-order chi connectivity index (χ1) is 27.5. The van der Waals surface area contributed by atoms with Crippen molar-refractivity contribution in [3.05, 3.63) is 0 Å². The van der Waals surface area contributed by atoms with Crippen LogP contribution in [0.3, 0.4) is 0 Å². The van der Waals surface area contributed by atoms with Crippen molar-refractivity contribution in [3.63, 3.8) is 0 Å². The molecule has 2 N–H and O–H groups in total. The van der Waals surface area contributed by atoms with Crippen LogP contribution in [0.15, 0.2) is 0 Å². The zero-order chi connectivity index (χ0) is 43.7. The highest BCUT2D eigenvalue weighted by molar-refractivity contribution is 6.61. The second kappa shape index (κ2) is 33.3. The Morgan fingerprint density at radius 3 is 1.28 bits per heavy atom. The molecule has 0 aromatic carbocycles. The van der Waals surface area contributed by atoms with E-state index in [0.717, 1.165) is 84.5 Å². The van der Waals surface area contributed by atoms with Crippen LogP contribution in [-0.2, 0) is 59.7 Å². The molecule has 3 rings (SSSR count). The highest BCUT2D eigenvalue weighted by atomic mass is 28.4. The van der Waals surface area contributed by atoms with E-state index in [0.29, 0.717) is 57.0 Å². The predicted octanol–water partition coefficient (Wildman–Crippen LogP) is 4.87. The largest absolute Gasteiger partial charge is 0.500 e. The number of aliphatic hydroxyl groups excluding tert-OH is 1. The van der Waals surface area contributed by atoms with Crippen molar-refractivity contribution in [2.24, 2.45) is 22.7 Å². The molecule has 3 saturated heterocycles. The van der Waals surface area contributed by atoms with E-state index in [9.17, 15) is 5.11 Å². The average Bonchev–Trinajstić information content (AvgIpc) is 4.03. The summed E-state index contributed by atoms with van der Waals surface area (Å²) in [6.45, 7) is 28.7. The van der Waals surface area contributed by atoms with E-state index in [-0.39, 0.29) is 31.8 Å². The van der Waals surface area contributed by atoms with Gasteiger partial charge in [-0.2, -0.15) is 0 Å². The molecule has 3 fully saturated rings. The zero-order valence-corrected chi connectivity index (χ0v) is 40.9. The standard InChI is InChI=1S/C20H43NO7Si.C11H20O4.C9H23NO3Si.2CH4/c1-8-21(9-17(2)14-29(23-5,24-6)25-7)10-18(22)11-26-15-20(3,4)16-27-12-19-13-28-19;1-11(2,7-12-3-9-5-14-9)8-13-4-10-6-15-10;1-6-10-7-9(2)8-14(11-3,12-4)13-5;;/h17-19,22H,8-16H2,1-7H3;9-10H,3-8H2,1-2H3;9-10H,6-8H2,1-5H3;2*1H4. The molecule has 16 nitrogen and oxygen atoms in total. The van der Waals surface area contributed by atoms with Gasteiger partial charge in [-0.3, -0.25) is 0 Å². The van der Waals surface area contributed by atoms with E-state index >= 15 is 0 Å². The summed E-state index contributed by atoms with van der Waals surface area (Å²) in [5, 5.41) is 13.7. The molecule has 3 heterocycles. The molecule has 0 aromatic heterocycles. The lowest BCUT2D eigenvalue weighted by atomic mass is 9.96. The Balaban J connectivity index is 0. The molecule has 18 heteroatoms. The van der Waals surface area contributed by atoms with Crippen molar-refractivity contribution in [1.82, 2.24) is 10.2 Å². The summed E-state index contributed by atoms with van der Waals surface area (Å²) < 4.78 is 70.5. The summed E-state index contributed by atoms with van der Waals surface area (Å²) in [6.07, 6.45) is 0.441. The third-order valence-electron chi connectivity index (χ3n) is 9.69. The molecule has 0 amide bonds.